The number of anilines is 1. The molecule has 0 amide bonds. The summed E-state index contributed by atoms with van der Waals surface area (Å²) in [6.45, 7) is 0. The third-order valence-electron chi connectivity index (χ3n) is 0.905. The van der Waals surface area contributed by atoms with Crippen molar-refractivity contribution in [2.24, 2.45) is 0 Å². The molecule has 3 heteroatoms. The largest absolute Gasteiger partial charge is 0.396 e. The summed E-state index contributed by atoms with van der Waals surface area (Å²) in [5.41, 5.74) is 5.35. The van der Waals surface area contributed by atoms with Gasteiger partial charge in [-0.1, -0.05) is 12.1 Å². The van der Waals surface area contributed by atoms with Crippen LogP contribution in [0, 0.1) is 5.82 Å². The van der Waals surface area contributed by atoms with E-state index in [-0.39, 0.29) is 23.9 Å². The van der Waals surface area contributed by atoms with Gasteiger partial charge in [-0.2, -0.15) is 0 Å². The molecule has 0 atom stereocenters. The molecule has 50 valence electrons. The van der Waals surface area contributed by atoms with Crippen LogP contribution in [-0.2, 0) is 0 Å². The summed E-state index contributed by atoms with van der Waals surface area (Å²) in [7, 11) is 0. The van der Waals surface area contributed by atoms with Crippen LogP contribution in [0.1, 0.15) is 0 Å². The first-order chi connectivity index (χ1) is 3.80. The summed E-state index contributed by atoms with van der Waals surface area (Å²) in [4.78, 5) is 0. The van der Waals surface area contributed by atoms with E-state index in [1.54, 1.807) is 12.1 Å². The van der Waals surface area contributed by atoms with Crippen LogP contribution in [0.3, 0.4) is 0 Å². The summed E-state index contributed by atoms with van der Waals surface area (Å²) < 4.78 is 12.2. The van der Waals surface area contributed by atoms with E-state index in [0.29, 0.717) is 0 Å². The Morgan fingerprint density at radius 1 is 1.22 bits per heavy atom. The van der Waals surface area contributed by atoms with Crippen molar-refractivity contribution in [1.29, 1.82) is 0 Å². The van der Waals surface area contributed by atoms with Crippen LogP contribution in [0.15, 0.2) is 24.3 Å². The maximum Gasteiger partial charge on any atom is 0.146 e. The number of para-hydroxylation sites is 1. The average molecular weight is 148 g/mol. The van der Waals surface area contributed by atoms with Gasteiger partial charge in [0.25, 0.3) is 0 Å². The molecular weight excluding hydrogens is 141 g/mol. The lowest BCUT2D eigenvalue weighted by atomic mass is 10.3. The fraction of sp³-hybridized carbons (Fsp3) is 0. The number of rotatable bonds is 0. The predicted molar refractivity (Wildman–Crippen MR) is 38.1 cm³/mol. The molecule has 0 unspecified atom stereocenters. The maximum absolute atomic E-state index is 12.2. The van der Waals surface area contributed by atoms with Crippen molar-refractivity contribution < 1.29 is 4.39 Å². The lowest BCUT2D eigenvalue weighted by Crippen LogP contribution is -1.86. The first-order valence-corrected chi connectivity index (χ1v) is 2.31. The maximum atomic E-state index is 12.2. The highest BCUT2D eigenvalue weighted by atomic mass is 35.5. The summed E-state index contributed by atoms with van der Waals surface area (Å²) in [5.74, 6) is -0.354. The minimum Gasteiger partial charge on any atom is -0.396 e. The molecule has 0 saturated heterocycles. The lowest BCUT2D eigenvalue weighted by Gasteiger charge is -1.89. The Balaban J connectivity index is 0.000000640. The molecular formula is C6H7ClFN. The van der Waals surface area contributed by atoms with Gasteiger partial charge in [-0.3, -0.25) is 0 Å². The Labute approximate surface area is 59.1 Å². The Morgan fingerprint density at radius 2 is 1.78 bits per heavy atom. The van der Waals surface area contributed by atoms with E-state index in [4.69, 9.17) is 5.73 Å². The number of nitrogens with two attached hydrogens (primary N) is 1. The summed E-state index contributed by atoms with van der Waals surface area (Å²) in [5, 5.41) is 0. The molecule has 1 nitrogen and oxygen atoms in total. The molecule has 0 spiro atoms. The van der Waals surface area contributed by atoms with Crippen LogP contribution in [0.5, 0.6) is 0 Å². The van der Waals surface area contributed by atoms with E-state index in [2.05, 4.69) is 0 Å². The van der Waals surface area contributed by atoms with E-state index in [0.717, 1.165) is 0 Å². The lowest BCUT2D eigenvalue weighted by molar-refractivity contribution is 0.632. The first kappa shape index (κ1) is 8.24. The molecule has 0 aliphatic heterocycles. The average Bonchev–Trinajstić information content (AvgIpc) is 1.77. The fourth-order valence-corrected chi connectivity index (χ4v) is 0.475. The number of hydrogen-bond acceptors (Lipinski definition) is 1. The van der Waals surface area contributed by atoms with Crippen molar-refractivity contribution in [3.63, 3.8) is 0 Å². The summed E-state index contributed by atoms with van der Waals surface area (Å²) >= 11 is 0. The topological polar surface area (TPSA) is 26.0 Å². The Hall–Kier alpha value is -0.760. The minimum atomic E-state index is -0.354. The van der Waals surface area contributed by atoms with E-state index in [1.807, 2.05) is 0 Å². The molecule has 0 fully saturated rings. The van der Waals surface area contributed by atoms with Crippen molar-refractivity contribution in [2.45, 2.75) is 0 Å². The normalized spacial score (nSPS) is 8.11. The molecule has 0 bridgehead atoms. The van der Waals surface area contributed by atoms with Gasteiger partial charge >= 0.3 is 0 Å². The van der Waals surface area contributed by atoms with Crippen LogP contribution >= 0.6 is 12.4 Å². The molecule has 0 saturated carbocycles. The third-order valence-corrected chi connectivity index (χ3v) is 0.905. The molecule has 1 aromatic rings. The highest BCUT2D eigenvalue weighted by Gasteiger charge is 1.89. The Kier molecular flexibility index (Phi) is 3.02. The predicted octanol–water partition coefficient (Wildman–Crippen LogP) is 1.83. The van der Waals surface area contributed by atoms with Crippen molar-refractivity contribution in [3.05, 3.63) is 30.1 Å². The zero-order chi connectivity index (χ0) is 5.98. The zero-order valence-corrected chi connectivity index (χ0v) is 5.49. The molecule has 0 radical (unpaired) electrons. The summed E-state index contributed by atoms with van der Waals surface area (Å²) in [6.07, 6.45) is 0. The number of halogens is 2. The smallest absolute Gasteiger partial charge is 0.146 e. The van der Waals surface area contributed by atoms with Crippen molar-refractivity contribution in [2.75, 3.05) is 5.73 Å². The van der Waals surface area contributed by atoms with Crippen molar-refractivity contribution in [3.8, 4) is 0 Å². The fourth-order valence-electron chi connectivity index (χ4n) is 0.475. The monoisotopic (exact) mass is 147 g/mol. The van der Waals surface area contributed by atoms with E-state index in [1.165, 1.54) is 12.1 Å². The van der Waals surface area contributed by atoms with Crippen LogP contribution in [0.4, 0.5) is 10.1 Å². The molecule has 1 aromatic carbocycles. The minimum absolute atomic E-state index is 0. The summed E-state index contributed by atoms with van der Waals surface area (Å²) in [6, 6.07) is 6.15. The van der Waals surface area contributed by atoms with E-state index >= 15 is 0 Å². The highest BCUT2D eigenvalue weighted by Crippen LogP contribution is 2.05. The van der Waals surface area contributed by atoms with Gasteiger partial charge in [0.2, 0.25) is 0 Å². The molecule has 9 heavy (non-hydrogen) atoms. The first-order valence-electron chi connectivity index (χ1n) is 2.31. The molecule has 0 aliphatic rings. The molecule has 0 aromatic heterocycles. The van der Waals surface area contributed by atoms with Gasteiger partial charge in [0.1, 0.15) is 5.82 Å². The number of benzene rings is 1. The highest BCUT2D eigenvalue weighted by molar-refractivity contribution is 5.85. The van der Waals surface area contributed by atoms with Gasteiger partial charge in [-0.15, -0.1) is 12.4 Å². The Morgan fingerprint density at radius 3 is 2.11 bits per heavy atom. The number of hydrogen-bond donors (Lipinski definition) is 1. The molecule has 1 rings (SSSR count). The van der Waals surface area contributed by atoms with Gasteiger partial charge in [0, 0.05) is 0 Å². The quantitative estimate of drug-likeness (QED) is 0.557. The second kappa shape index (κ2) is 3.30. The van der Waals surface area contributed by atoms with Crippen molar-refractivity contribution in [1.82, 2.24) is 0 Å². The van der Waals surface area contributed by atoms with Gasteiger partial charge in [0.15, 0.2) is 0 Å². The van der Waals surface area contributed by atoms with E-state index in [9.17, 15) is 4.39 Å². The SMILES string of the molecule is Cl.Nc1ccccc1F. The zero-order valence-electron chi connectivity index (χ0n) is 4.67. The molecule has 0 heterocycles. The van der Waals surface area contributed by atoms with Gasteiger partial charge in [-0.25, -0.2) is 4.39 Å². The molecule has 0 aliphatic carbocycles. The van der Waals surface area contributed by atoms with Crippen LogP contribution in [-0.4, -0.2) is 0 Å². The second-order valence-corrected chi connectivity index (χ2v) is 1.52. The molecule has 2 N–H and O–H groups in total. The van der Waals surface area contributed by atoms with Gasteiger partial charge in [-0.05, 0) is 12.1 Å². The van der Waals surface area contributed by atoms with Crippen LogP contribution < -0.4 is 5.73 Å². The van der Waals surface area contributed by atoms with Gasteiger partial charge < -0.3 is 5.73 Å². The van der Waals surface area contributed by atoms with E-state index < -0.39 is 0 Å². The Bertz CT molecular complexity index is 169. The van der Waals surface area contributed by atoms with Crippen LogP contribution in [0.25, 0.3) is 0 Å². The van der Waals surface area contributed by atoms with Gasteiger partial charge in [0.05, 0.1) is 5.69 Å². The number of nitrogen functional groups attached to an aromatic ring is 1. The third kappa shape index (κ3) is 1.90. The second-order valence-electron chi connectivity index (χ2n) is 1.52. The van der Waals surface area contributed by atoms with Crippen LogP contribution in [0.2, 0.25) is 0 Å². The van der Waals surface area contributed by atoms with Crippen molar-refractivity contribution >= 4 is 18.1 Å². The standard InChI is InChI=1S/C6H6FN.ClH/c7-5-3-1-2-4-6(5)8;/h1-4H,8H2;1H.